The molecule has 0 bridgehead atoms. The number of benzene rings is 1. The second-order valence-corrected chi connectivity index (χ2v) is 5.92. The zero-order chi connectivity index (χ0) is 14.0. The second-order valence-electron chi connectivity index (χ2n) is 5.92. The summed E-state index contributed by atoms with van der Waals surface area (Å²) in [5.41, 5.74) is 5.19. The zero-order valence-electron chi connectivity index (χ0n) is 12.6. The Balaban J connectivity index is 2.13. The molecular formula is C17H26O2. The van der Waals surface area contributed by atoms with Gasteiger partial charge >= 0.3 is 0 Å². The van der Waals surface area contributed by atoms with Gasteiger partial charge in [-0.1, -0.05) is 24.6 Å². The Kier molecular flexibility index (Phi) is 4.64. The smallest absolute Gasteiger partial charge is 0.0634 e. The monoisotopic (exact) mass is 262 g/mol. The maximum Gasteiger partial charge on any atom is 0.0634 e. The summed E-state index contributed by atoms with van der Waals surface area (Å²) >= 11 is 0. The van der Waals surface area contributed by atoms with Crippen LogP contribution in [0.4, 0.5) is 0 Å². The summed E-state index contributed by atoms with van der Waals surface area (Å²) in [4.78, 5) is 0. The van der Waals surface area contributed by atoms with Gasteiger partial charge in [-0.15, -0.1) is 0 Å². The van der Waals surface area contributed by atoms with Gasteiger partial charge in [0.1, 0.15) is 0 Å². The fourth-order valence-electron chi connectivity index (χ4n) is 3.42. The number of aryl methyl sites for hydroxylation is 3. The minimum atomic E-state index is -0.285. The van der Waals surface area contributed by atoms with Gasteiger partial charge in [-0.25, -0.2) is 0 Å². The fourth-order valence-corrected chi connectivity index (χ4v) is 3.42. The summed E-state index contributed by atoms with van der Waals surface area (Å²) < 4.78 is 5.69. The Morgan fingerprint density at radius 2 is 1.89 bits per heavy atom. The Morgan fingerprint density at radius 3 is 2.47 bits per heavy atom. The highest BCUT2D eigenvalue weighted by atomic mass is 16.5. The minimum absolute atomic E-state index is 0.237. The highest BCUT2D eigenvalue weighted by Gasteiger charge is 2.32. The van der Waals surface area contributed by atoms with Crippen LogP contribution in [0.15, 0.2) is 12.1 Å². The van der Waals surface area contributed by atoms with Gasteiger partial charge in [-0.2, -0.15) is 0 Å². The lowest BCUT2D eigenvalue weighted by Crippen LogP contribution is -2.30. The summed E-state index contributed by atoms with van der Waals surface area (Å²) in [6, 6.07) is 4.41. The lowest BCUT2D eigenvalue weighted by molar-refractivity contribution is 0.0316. The summed E-state index contributed by atoms with van der Waals surface area (Å²) in [6.07, 6.45) is 2.69. The van der Waals surface area contributed by atoms with Crippen molar-refractivity contribution in [3.8, 4) is 0 Å². The Hall–Kier alpha value is -0.860. The van der Waals surface area contributed by atoms with Crippen LogP contribution in [0.3, 0.4) is 0 Å². The minimum Gasteiger partial charge on any atom is -0.392 e. The van der Waals surface area contributed by atoms with Crippen LogP contribution in [-0.4, -0.2) is 23.9 Å². The number of rotatable bonds is 4. The number of hydrogen-bond acceptors (Lipinski definition) is 2. The van der Waals surface area contributed by atoms with Crippen molar-refractivity contribution in [2.75, 3.05) is 6.61 Å². The van der Waals surface area contributed by atoms with Crippen molar-refractivity contribution in [3.63, 3.8) is 0 Å². The van der Waals surface area contributed by atoms with Crippen LogP contribution >= 0.6 is 0 Å². The maximum absolute atomic E-state index is 10.5. The molecule has 0 radical (unpaired) electrons. The molecule has 2 rings (SSSR count). The molecule has 1 aliphatic rings. The van der Waals surface area contributed by atoms with E-state index in [1.165, 1.54) is 22.3 Å². The molecule has 2 heteroatoms. The van der Waals surface area contributed by atoms with Crippen molar-refractivity contribution in [3.05, 3.63) is 34.4 Å². The maximum atomic E-state index is 10.5. The van der Waals surface area contributed by atoms with Gasteiger partial charge in [-0.05, 0) is 56.7 Å². The molecule has 1 N–H and O–H groups in total. The molecule has 1 aromatic rings. The molecule has 0 saturated carbocycles. The molecular weight excluding hydrogens is 236 g/mol. The first-order valence-corrected chi connectivity index (χ1v) is 7.39. The van der Waals surface area contributed by atoms with Crippen LogP contribution in [0, 0.1) is 26.7 Å². The molecule has 19 heavy (non-hydrogen) atoms. The largest absolute Gasteiger partial charge is 0.392 e. The van der Waals surface area contributed by atoms with Gasteiger partial charge < -0.3 is 9.84 Å². The zero-order valence-corrected chi connectivity index (χ0v) is 12.6. The normalized spacial score (nSPS) is 24.7. The summed E-state index contributed by atoms with van der Waals surface area (Å²) in [5, 5.41) is 10.5. The van der Waals surface area contributed by atoms with Crippen molar-refractivity contribution in [2.24, 2.45) is 5.92 Å². The average molecular weight is 262 g/mol. The lowest BCUT2D eigenvalue weighted by Gasteiger charge is -2.24. The molecule has 0 aliphatic carbocycles. The molecule has 0 amide bonds. The van der Waals surface area contributed by atoms with E-state index in [0.717, 1.165) is 25.9 Å². The Labute approximate surface area is 116 Å². The van der Waals surface area contributed by atoms with Crippen LogP contribution in [-0.2, 0) is 11.2 Å². The lowest BCUT2D eigenvalue weighted by atomic mass is 9.86. The SMILES string of the molecule is CCC1OCCC1C(O)Cc1c(C)cc(C)cc1C. The van der Waals surface area contributed by atoms with Gasteiger partial charge in [0.05, 0.1) is 12.2 Å². The van der Waals surface area contributed by atoms with Gasteiger partial charge in [0.15, 0.2) is 0 Å². The van der Waals surface area contributed by atoms with Gasteiger partial charge in [0.25, 0.3) is 0 Å². The number of aliphatic hydroxyl groups excluding tert-OH is 1. The molecule has 3 unspecified atom stereocenters. The first-order valence-electron chi connectivity index (χ1n) is 7.39. The number of ether oxygens (including phenoxy) is 1. The van der Waals surface area contributed by atoms with E-state index in [1.807, 2.05) is 0 Å². The molecule has 2 nitrogen and oxygen atoms in total. The summed E-state index contributed by atoms with van der Waals surface area (Å²) in [5.74, 6) is 0.296. The number of aliphatic hydroxyl groups is 1. The summed E-state index contributed by atoms with van der Waals surface area (Å²) in [6.45, 7) is 9.34. The molecule has 1 saturated heterocycles. The highest BCUT2D eigenvalue weighted by molar-refractivity contribution is 5.37. The van der Waals surface area contributed by atoms with E-state index in [2.05, 4.69) is 39.8 Å². The predicted molar refractivity (Wildman–Crippen MR) is 78.5 cm³/mol. The predicted octanol–water partition coefficient (Wildman–Crippen LogP) is 3.33. The molecule has 1 aliphatic heterocycles. The van der Waals surface area contributed by atoms with Crippen LogP contribution in [0.5, 0.6) is 0 Å². The molecule has 1 fully saturated rings. The first-order chi connectivity index (χ1) is 9.02. The van der Waals surface area contributed by atoms with Crippen molar-refractivity contribution in [1.82, 2.24) is 0 Å². The van der Waals surface area contributed by atoms with Crippen molar-refractivity contribution in [2.45, 2.75) is 59.2 Å². The van der Waals surface area contributed by atoms with Crippen LogP contribution in [0.25, 0.3) is 0 Å². The molecule has 0 aromatic heterocycles. The highest BCUT2D eigenvalue weighted by Crippen LogP contribution is 2.29. The molecule has 1 heterocycles. The first kappa shape index (κ1) is 14.5. The van der Waals surface area contributed by atoms with E-state index in [1.54, 1.807) is 0 Å². The van der Waals surface area contributed by atoms with Crippen LogP contribution in [0.2, 0.25) is 0 Å². The van der Waals surface area contributed by atoms with Gasteiger partial charge in [-0.3, -0.25) is 0 Å². The van der Waals surface area contributed by atoms with Crippen molar-refractivity contribution in [1.29, 1.82) is 0 Å². The third-order valence-corrected chi connectivity index (χ3v) is 4.41. The van der Waals surface area contributed by atoms with Crippen molar-refractivity contribution >= 4 is 0 Å². The quantitative estimate of drug-likeness (QED) is 0.902. The van der Waals surface area contributed by atoms with Crippen molar-refractivity contribution < 1.29 is 9.84 Å². The molecule has 3 atom stereocenters. The van der Waals surface area contributed by atoms with Crippen LogP contribution in [0.1, 0.15) is 42.0 Å². The third-order valence-electron chi connectivity index (χ3n) is 4.41. The molecule has 106 valence electrons. The molecule has 1 aromatic carbocycles. The second kappa shape index (κ2) is 6.06. The van der Waals surface area contributed by atoms with E-state index in [4.69, 9.17) is 4.74 Å². The summed E-state index contributed by atoms with van der Waals surface area (Å²) in [7, 11) is 0. The van der Waals surface area contributed by atoms with E-state index in [0.29, 0.717) is 5.92 Å². The van der Waals surface area contributed by atoms with E-state index in [-0.39, 0.29) is 12.2 Å². The van der Waals surface area contributed by atoms with E-state index in [9.17, 15) is 5.11 Å². The van der Waals surface area contributed by atoms with Gasteiger partial charge in [0, 0.05) is 12.5 Å². The Bertz CT molecular complexity index is 416. The Morgan fingerprint density at radius 1 is 1.26 bits per heavy atom. The van der Waals surface area contributed by atoms with E-state index < -0.39 is 0 Å². The fraction of sp³-hybridized carbons (Fsp3) is 0.647. The topological polar surface area (TPSA) is 29.5 Å². The molecule has 0 spiro atoms. The number of hydrogen-bond donors (Lipinski definition) is 1. The van der Waals surface area contributed by atoms with Gasteiger partial charge in [0.2, 0.25) is 0 Å². The standard InChI is InChI=1S/C17H26O2/c1-5-17-14(6-7-19-17)16(18)10-15-12(3)8-11(2)9-13(15)4/h8-9,14,16-18H,5-7,10H2,1-4H3. The van der Waals surface area contributed by atoms with Crippen LogP contribution < -0.4 is 0 Å². The third kappa shape index (κ3) is 3.18. The average Bonchev–Trinajstić information content (AvgIpc) is 2.81. The van der Waals surface area contributed by atoms with E-state index >= 15 is 0 Å².